The van der Waals surface area contributed by atoms with Gasteiger partial charge in [0.2, 0.25) is 0 Å². The lowest BCUT2D eigenvalue weighted by Gasteiger charge is -2.12. The van der Waals surface area contributed by atoms with Crippen molar-refractivity contribution in [2.75, 3.05) is 20.3 Å². The Morgan fingerprint density at radius 2 is 1.69 bits per heavy atom. The number of aryl methyl sites for hydroxylation is 1. The molecule has 0 saturated carbocycles. The highest BCUT2D eigenvalue weighted by Crippen LogP contribution is 2.20. The Labute approximate surface area is 206 Å². The van der Waals surface area contributed by atoms with Crippen LogP contribution in [0.5, 0.6) is 11.5 Å². The number of aromatic nitrogens is 2. The monoisotopic (exact) mass is 471 g/mol. The predicted octanol–water partition coefficient (Wildman–Crippen LogP) is 5.61. The summed E-state index contributed by atoms with van der Waals surface area (Å²) >= 11 is 0. The van der Waals surface area contributed by atoms with Crippen molar-refractivity contribution in [1.29, 1.82) is 0 Å². The molecule has 4 rings (SSSR count). The SMILES string of the molecule is COc1ccc(C(=O)NCCCc2nc3ccccc3n2CCOc2ccc(C(C)C)cc2)cc1. The van der Waals surface area contributed by atoms with Crippen LogP contribution in [-0.2, 0) is 13.0 Å². The van der Waals surface area contributed by atoms with E-state index in [1.54, 1.807) is 31.4 Å². The van der Waals surface area contributed by atoms with E-state index >= 15 is 0 Å². The molecule has 1 N–H and O–H groups in total. The van der Waals surface area contributed by atoms with E-state index in [1.165, 1.54) is 5.56 Å². The molecule has 0 bridgehead atoms. The minimum atomic E-state index is -0.0851. The van der Waals surface area contributed by atoms with Gasteiger partial charge in [-0.05, 0) is 66.4 Å². The fourth-order valence-electron chi connectivity index (χ4n) is 4.06. The topological polar surface area (TPSA) is 65.4 Å². The number of ether oxygens (including phenoxy) is 2. The Morgan fingerprint density at radius 3 is 2.40 bits per heavy atom. The van der Waals surface area contributed by atoms with Gasteiger partial charge in [-0.1, -0.05) is 38.1 Å². The minimum Gasteiger partial charge on any atom is -0.497 e. The van der Waals surface area contributed by atoms with Crippen LogP contribution in [0.1, 0.15) is 47.9 Å². The summed E-state index contributed by atoms with van der Waals surface area (Å²) in [5.41, 5.74) is 4.01. The van der Waals surface area contributed by atoms with Crippen LogP contribution < -0.4 is 14.8 Å². The molecule has 6 nitrogen and oxygen atoms in total. The van der Waals surface area contributed by atoms with Gasteiger partial charge in [0.25, 0.3) is 5.91 Å². The van der Waals surface area contributed by atoms with E-state index in [0.29, 0.717) is 31.2 Å². The summed E-state index contributed by atoms with van der Waals surface area (Å²) in [6.45, 7) is 6.22. The number of nitrogens with zero attached hydrogens (tertiary/aromatic N) is 2. The number of para-hydroxylation sites is 2. The van der Waals surface area contributed by atoms with E-state index < -0.39 is 0 Å². The van der Waals surface area contributed by atoms with Gasteiger partial charge in [-0.2, -0.15) is 0 Å². The second-order valence-corrected chi connectivity index (χ2v) is 8.83. The maximum absolute atomic E-state index is 12.4. The van der Waals surface area contributed by atoms with Gasteiger partial charge in [0, 0.05) is 18.5 Å². The van der Waals surface area contributed by atoms with Crippen molar-refractivity contribution in [1.82, 2.24) is 14.9 Å². The lowest BCUT2D eigenvalue weighted by Crippen LogP contribution is -2.25. The zero-order valence-corrected chi connectivity index (χ0v) is 20.7. The standard InChI is InChI=1S/C29H33N3O3/c1-21(2)22-10-16-25(17-11-22)35-20-19-32-27-8-5-4-7-26(27)31-28(32)9-6-18-30-29(33)23-12-14-24(34-3)15-13-23/h4-5,7-8,10-17,21H,6,9,18-20H2,1-3H3,(H,30,33). The minimum absolute atomic E-state index is 0.0851. The summed E-state index contributed by atoms with van der Waals surface area (Å²) in [6, 6.07) is 23.6. The zero-order chi connectivity index (χ0) is 24.6. The van der Waals surface area contributed by atoms with Gasteiger partial charge >= 0.3 is 0 Å². The second kappa shape index (κ2) is 11.6. The lowest BCUT2D eigenvalue weighted by molar-refractivity contribution is 0.0953. The number of carbonyl (C=O) groups is 1. The van der Waals surface area contributed by atoms with Crippen molar-refractivity contribution in [3.05, 3.63) is 89.7 Å². The summed E-state index contributed by atoms with van der Waals surface area (Å²) in [5, 5.41) is 3.00. The molecule has 1 amide bonds. The first kappa shape index (κ1) is 24.3. The maximum atomic E-state index is 12.4. The van der Waals surface area contributed by atoms with E-state index in [0.717, 1.165) is 41.2 Å². The summed E-state index contributed by atoms with van der Waals surface area (Å²) in [4.78, 5) is 17.3. The van der Waals surface area contributed by atoms with Gasteiger partial charge in [0.15, 0.2) is 0 Å². The molecule has 35 heavy (non-hydrogen) atoms. The third-order valence-corrected chi connectivity index (χ3v) is 6.08. The van der Waals surface area contributed by atoms with Crippen LogP contribution in [0.2, 0.25) is 0 Å². The molecule has 6 heteroatoms. The van der Waals surface area contributed by atoms with Crippen molar-refractivity contribution >= 4 is 16.9 Å². The summed E-state index contributed by atoms with van der Waals surface area (Å²) in [5.74, 6) is 3.03. The fourth-order valence-corrected chi connectivity index (χ4v) is 4.06. The Bertz CT molecular complexity index is 1240. The van der Waals surface area contributed by atoms with Crippen molar-refractivity contribution in [2.24, 2.45) is 0 Å². The molecule has 0 fully saturated rings. The van der Waals surface area contributed by atoms with E-state index in [-0.39, 0.29) is 5.91 Å². The third kappa shape index (κ3) is 6.21. The van der Waals surface area contributed by atoms with Crippen LogP contribution >= 0.6 is 0 Å². The number of nitrogens with one attached hydrogen (secondary N) is 1. The van der Waals surface area contributed by atoms with Gasteiger partial charge in [-0.15, -0.1) is 0 Å². The van der Waals surface area contributed by atoms with Crippen LogP contribution in [0.4, 0.5) is 0 Å². The number of methoxy groups -OCH3 is 1. The lowest BCUT2D eigenvalue weighted by atomic mass is 10.0. The first-order chi connectivity index (χ1) is 17.0. The highest BCUT2D eigenvalue weighted by atomic mass is 16.5. The van der Waals surface area contributed by atoms with Gasteiger partial charge in [0.05, 0.1) is 24.7 Å². The van der Waals surface area contributed by atoms with Gasteiger partial charge < -0.3 is 19.4 Å². The molecule has 0 radical (unpaired) electrons. The first-order valence-corrected chi connectivity index (χ1v) is 12.1. The van der Waals surface area contributed by atoms with Crippen molar-refractivity contribution in [3.63, 3.8) is 0 Å². The Balaban J connectivity index is 1.34. The summed E-state index contributed by atoms with van der Waals surface area (Å²) in [6.07, 6.45) is 1.56. The molecule has 1 aromatic heterocycles. The first-order valence-electron chi connectivity index (χ1n) is 12.1. The number of fused-ring (bicyclic) bond motifs is 1. The Morgan fingerprint density at radius 1 is 0.971 bits per heavy atom. The highest BCUT2D eigenvalue weighted by molar-refractivity contribution is 5.94. The number of rotatable bonds is 11. The van der Waals surface area contributed by atoms with Crippen molar-refractivity contribution < 1.29 is 14.3 Å². The van der Waals surface area contributed by atoms with E-state index in [4.69, 9.17) is 14.5 Å². The van der Waals surface area contributed by atoms with Gasteiger partial charge in [0.1, 0.15) is 23.9 Å². The average Bonchev–Trinajstić information content (AvgIpc) is 3.24. The third-order valence-electron chi connectivity index (χ3n) is 6.08. The molecule has 0 aliphatic heterocycles. The smallest absolute Gasteiger partial charge is 0.251 e. The molecule has 182 valence electrons. The second-order valence-electron chi connectivity index (χ2n) is 8.83. The zero-order valence-electron chi connectivity index (χ0n) is 20.7. The van der Waals surface area contributed by atoms with Gasteiger partial charge in [-0.25, -0.2) is 4.98 Å². The number of amides is 1. The summed E-state index contributed by atoms with van der Waals surface area (Å²) in [7, 11) is 1.61. The Hall–Kier alpha value is -3.80. The van der Waals surface area contributed by atoms with Crippen LogP contribution in [0, 0.1) is 0 Å². The van der Waals surface area contributed by atoms with E-state index in [1.807, 2.05) is 30.3 Å². The van der Waals surface area contributed by atoms with Crippen molar-refractivity contribution in [2.45, 2.75) is 39.2 Å². The predicted molar refractivity (Wildman–Crippen MR) is 139 cm³/mol. The molecule has 0 spiro atoms. The number of carbonyl (C=O) groups excluding carboxylic acids is 1. The molecule has 0 unspecified atom stereocenters. The maximum Gasteiger partial charge on any atom is 0.251 e. The highest BCUT2D eigenvalue weighted by Gasteiger charge is 2.11. The van der Waals surface area contributed by atoms with E-state index in [2.05, 4.69) is 41.9 Å². The molecular formula is C29H33N3O3. The van der Waals surface area contributed by atoms with Crippen LogP contribution in [0.25, 0.3) is 11.0 Å². The largest absolute Gasteiger partial charge is 0.497 e. The number of hydrogen-bond donors (Lipinski definition) is 1. The molecule has 0 atom stereocenters. The molecule has 4 aromatic rings. The Kier molecular flexibility index (Phi) is 8.03. The average molecular weight is 472 g/mol. The fraction of sp³-hybridized carbons (Fsp3) is 0.310. The molecule has 0 aliphatic carbocycles. The van der Waals surface area contributed by atoms with E-state index in [9.17, 15) is 4.79 Å². The van der Waals surface area contributed by atoms with Gasteiger partial charge in [-0.3, -0.25) is 4.79 Å². The molecule has 0 saturated heterocycles. The number of hydrogen-bond acceptors (Lipinski definition) is 4. The molecule has 3 aromatic carbocycles. The van der Waals surface area contributed by atoms with Crippen LogP contribution in [-0.4, -0.2) is 35.7 Å². The molecule has 0 aliphatic rings. The van der Waals surface area contributed by atoms with Crippen molar-refractivity contribution in [3.8, 4) is 11.5 Å². The van der Waals surface area contributed by atoms with Crippen LogP contribution in [0.15, 0.2) is 72.8 Å². The molecular weight excluding hydrogens is 438 g/mol. The number of benzene rings is 3. The quantitative estimate of drug-likeness (QED) is 0.289. The van der Waals surface area contributed by atoms with Crippen LogP contribution in [0.3, 0.4) is 0 Å². The molecule has 1 heterocycles. The summed E-state index contributed by atoms with van der Waals surface area (Å²) < 4.78 is 13.4. The normalized spacial score (nSPS) is 11.1. The number of imidazole rings is 1.